The highest BCUT2D eigenvalue weighted by atomic mass is 16.3. The molecule has 0 bridgehead atoms. The number of benzene rings is 2. The molecule has 22 heavy (non-hydrogen) atoms. The van der Waals surface area contributed by atoms with Crippen LogP contribution in [-0.2, 0) is 0 Å². The summed E-state index contributed by atoms with van der Waals surface area (Å²) in [6, 6.07) is 17.3. The Hall–Kier alpha value is -3.08. The Morgan fingerprint density at radius 2 is 1.77 bits per heavy atom. The fourth-order valence-electron chi connectivity index (χ4n) is 2.68. The highest BCUT2D eigenvalue weighted by Gasteiger charge is 2.24. The van der Waals surface area contributed by atoms with Crippen LogP contribution in [0.2, 0.25) is 0 Å². The number of para-hydroxylation sites is 1. The first-order valence-corrected chi connectivity index (χ1v) is 7.04. The Balaban J connectivity index is 1.85. The molecule has 1 atom stereocenters. The van der Waals surface area contributed by atoms with Gasteiger partial charge < -0.3 is 10.4 Å². The first-order chi connectivity index (χ1) is 10.8. The second-order valence-corrected chi connectivity index (χ2v) is 5.11. The van der Waals surface area contributed by atoms with Gasteiger partial charge in [-0.1, -0.05) is 42.5 Å². The van der Waals surface area contributed by atoms with Crippen LogP contribution in [0.3, 0.4) is 0 Å². The molecule has 1 aliphatic heterocycles. The van der Waals surface area contributed by atoms with Gasteiger partial charge in [-0.05, 0) is 23.8 Å². The van der Waals surface area contributed by atoms with Crippen molar-refractivity contribution >= 4 is 11.6 Å². The molecule has 0 aliphatic carbocycles. The van der Waals surface area contributed by atoms with Gasteiger partial charge in [0.1, 0.15) is 18.1 Å². The molecule has 2 heterocycles. The van der Waals surface area contributed by atoms with E-state index in [-0.39, 0.29) is 11.8 Å². The van der Waals surface area contributed by atoms with Crippen LogP contribution in [-0.4, -0.2) is 19.9 Å². The normalized spacial score (nSPS) is 16.5. The lowest BCUT2D eigenvalue weighted by Crippen LogP contribution is -2.20. The van der Waals surface area contributed by atoms with Gasteiger partial charge in [0.05, 0.1) is 5.70 Å². The van der Waals surface area contributed by atoms with Crippen LogP contribution in [0, 0.1) is 0 Å². The maximum Gasteiger partial charge on any atom is 0.226 e. The summed E-state index contributed by atoms with van der Waals surface area (Å²) < 4.78 is 1.83. The van der Waals surface area contributed by atoms with Gasteiger partial charge >= 0.3 is 0 Å². The van der Waals surface area contributed by atoms with E-state index in [4.69, 9.17) is 0 Å². The number of fused-ring (bicyclic) bond motifs is 1. The quantitative estimate of drug-likeness (QED) is 0.761. The number of hydrogen-bond acceptors (Lipinski definition) is 4. The lowest BCUT2D eigenvalue weighted by atomic mass is 10.0. The predicted octanol–water partition coefficient (Wildman–Crippen LogP) is 3.04. The molecule has 0 fully saturated rings. The summed E-state index contributed by atoms with van der Waals surface area (Å²) in [5.74, 6) is 0.899. The van der Waals surface area contributed by atoms with E-state index in [1.165, 1.54) is 6.33 Å². The minimum absolute atomic E-state index is 0.0606. The van der Waals surface area contributed by atoms with Crippen molar-refractivity contribution < 1.29 is 5.11 Å². The number of nitrogens with one attached hydrogen (secondary N) is 1. The molecule has 5 heteroatoms. The molecule has 4 rings (SSSR count). The molecule has 1 aliphatic rings. The summed E-state index contributed by atoms with van der Waals surface area (Å²) in [7, 11) is 0. The number of anilines is 1. The first kappa shape index (κ1) is 12.6. The minimum Gasteiger partial charge on any atom is -0.507 e. The fraction of sp³-hybridized carbons (Fsp3) is 0.0588. The minimum atomic E-state index is -0.0606. The van der Waals surface area contributed by atoms with Gasteiger partial charge in [0, 0.05) is 5.56 Å². The zero-order valence-electron chi connectivity index (χ0n) is 11.7. The molecular weight excluding hydrogens is 276 g/mol. The maximum atomic E-state index is 10.1. The van der Waals surface area contributed by atoms with Crippen molar-refractivity contribution in [2.75, 3.05) is 5.32 Å². The lowest BCUT2D eigenvalue weighted by Gasteiger charge is -2.24. The molecule has 108 valence electrons. The van der Waals surface area contributed by atoms with Crippen LogP contribution >= 0.6 is 0 Å². The van der Waals surface area contributed by atoms with E-state index in [2.05, 4.69) is 27.5 Å². The Labute approximate surface area is 127 Å². The average molecular weight is 290 g/mol. The molecular formula is C17H14N4O. The molecule has 0 radical (unpaired) electrons. The zero-order valence-corrected chi connectivity index (χ0v) is 11.7. The molecule has 0 saturated heterocycles. The molecule has 5 nitrogen and oxygen atoms in total. The lowest BCUT2D eigenvalue weighted by molar-refractivity contribution is 0.473. The van der Waals surface area contributed by atoms with Crippen molar-refractivity contribution in [1.82, 2.24) is 14.8 Å². The highest BCUT2D eigenvalue weighted by molar-refractivity contribution is 5.79. The largest absolute Gasteiger partial charge is 0.507 e. The standard InChI is InChI=1S/C17H14N4O/c22-16-9-5-4-8-13(16)14-10-15(12-6-2-1-3-7-12)21-17(20-14)18-11-19-21/h1-11,15,22H,(H,18,19,20)/t15-/m0/s1. The van der Waals surface area contributed by atoms with Crippen LogP contribution in [0.1, 0.15) is 17.2 Å². The Morgan fingerprint density at radius 3 is 2.59 bits per heavy atom. The third kappa shape index (κ3) is 2.03. The average Bonchev–Trinajstić information content (AvgIpc) is 3.03. The maximum absolute atomic E-state index is 10.1. The number of rotatable bonds is 2. The summed E-state index contributed by atoms with van der Waals surface area (Å²) in [5.41, 5.74) is 2.69. The molecule has 2 N–H and O–H groups in total. The molecule has 0 unspecified atom stereocenters. The predicted molar refractivity (Wildman–Crippen MR) is 84.3 cm³/mol. The van der Waals surface area contributed by atoms with E-state index in [9.17, 15) is 5.11 Å². The van der Waals surface area contributed by atoms with E-state index < -0.39 is 0 Å². The van der Waals surface area contributed by atoms with Gasteiger partial charge in [-0.15, -0.1) is 0 Å². The number of aromatic nitrogens is 3. The second kappa shape index (κ2) is 5.04. The van der Waals surface area contributed by atoms with Gasteiger partial charge in [0.2, 0.25) is 5.95 Å². The van der Waals surface area contributed by atoms with E-state index in [1.807, 2.05) is 41.1 Å². The van der Waals surface area contributed by atoms with Gasteiger partial charge in [0.25, 0.3) is 0 Å². The summed E-state index contributed by atoms with van der Waals surface area (Å²) in [5, 5.41) is 17.6. The fourth-order valence-corrected chi connectivity index (χ4v) is 2.68. The second-order valence-electron chi connectivity index (χ2n) is 5.11. The summed E-state index contributed by atoms with van der Waals surface area (Å²) in [4.78, 5) is 4.26. The number of hydrogen-bond donors (Lipinski definition) is 2. The van der Waals surface area contributed by atoms with Crippen molar-refractivity contribution in [2.45, 2.75) is 6.04 Å². The molecule has 0 amide bonds. The van der Waals surface area contributed by atoms with Gasteiger partial charge in [0.15, 0.2) is 0 Å². The monoisotopic (exact) mass is 290 g/mol. The molecule has 3 aromatic rings. The third-order valence-electron chi connectivity index (χ3n) is 3.74. The topological polar surface area (TPSA) is 63.0 Å². The van der Waals surface area contributed by atoms with Crippen LogP contribution in [0.15, 0.2) is 67.0 Å². The molecule has 1 aromatic heterocycles. The summed E-state index contributed by atoms with van der Waals surface area (Å²) >= 11 is 0. The third-order valence-corrected chi connectivity index (χ3v) is 3.74. The number of phenolic OH excluding ortho intramolecular Hbond substituents is 1. The first-order valence-electron chi connectivity index (χ1n) is 7.04. The van der Waals surface area contributed by atoms with E-state index >= 15 is 0 Å². The van der Waals surface area contributed by atoms with E-state index in [0.29, 0.717) is 5.95 Å². The molecule has 2 aromatic carbocycles. The van der Waals surface area contributed by atoms with Crippen LogP contribution in [0.4, 0.5) is 5.95 Å². The zero-order chi connectivity index (χ0) is 14.9. The number of aromatic hydroxyl groups is 1. The van der Waals surface area contributed by atoms with E-state index in [0.717, 1.165) is 16.8 Å². The van der Waals surface area contributed by atoms with Crippen molar-refractivity contribution in [3.05, 3.63) is 78.1 Å². The van der Waals surface area contributed by atoms with Crippen LogP contribution in [0.25, 0.3) is 5.70 Å². The molecule has 0 spiro atoms. The smallest absolute Gasteiger partial charge is 0.226 e. The van der Waals surface area contributed by atoms with E-state index in [1.54, 1.807) is 12.1 Å². The van der Waals surface area contributed by atoms with Crippen molar-refractivity contribution in [3.63, 3.8) is 0 Å². The Morgan fingerprint density at radius 1 is 1.00 bits per heavy atom. The van der Waals surface area contributed by atoms with Crippen LogP contribution < -0.4 is 5.32 Å². The van der Waals surface area contributed by atoms with Crippen molar-refractivity contribution in [2.24, 2.45) is 0 Å². The summed E-state index contributed by atoms with van der Waals surface area (Å²) in [6.07, 6.45) is 3.58. The highest BCUT2D eigenvalue weighted by Crippen LogP contribution is 2.34. The van der Waals surface area contributed by atoms with Gasteiger partial charge in [-0.2, -0.15) is 10.1 Å². The van der Waals surface area contributed by atoms with Gasteiger partial charge in [-0.25, -0.2) is 4.68 Å². The van der Waals surface area contributed by atoms with Crippen LogP contribution in [0.5, 0.6) is 5.75 Å². The van der Waals surface area contributed by atoms with Crippen molar-refractivity contribution in [1.29, 1.82) is 0 Å². The van der Waals surface area contributed by atoms with Crippen molar-refractivity contribution in [3.8, 4) is 5.75 Å². The Kier molecular flexibility index (Phi) is 2.89. The number of allylic oxidation sites excluding steroid dienone is 1. The number of phenols is 1. The van der Waals surface area contributed by atoms with Gasteiger partial charge in [-0.3, -0.25) is 0 Å². The SMILES string of the molecule is Oc1ccccc1C1=C[C@@H](c2ccccc2)n2ncnc2N1. The Bertz CT molecular complexity index is 839. The molecule has 0 saturated carbocycles. The number of nitrogens with zero attached hydrogens (tertiary/aromatic N) is 3. The summed E-state index contributed by atoms with van der Waals surface area (Å²) in [6.45, 7) is 0.